The van der Waals surface area contributed by atoms with Crippen molar-refractivity contribution in [2.75, 3.05) is 12.0 Å². The van der Waals surface area contributed by atoms with Gasteiger partial charge >= 0.3 is 0 Å². The van der Waals surface area contributed by atoms with Crippen LogP contribution >= 0.6 is 23.5 Å². The first-order chi connectivity index (χ1) is 13.8. The average molecular weight is 409 g/mol. The lowest BCUT2D eigenvalue weighted by atomic mass is 10.2. The van der Waals surface area contributed by atoms with Crippen LogP contribution in [0.15, 0.2) is 75.5 Å². The molecule has 0 radical (unpaired) electrons. The molecule has 0 unspecified atom stereocenters. The number of aromatic nitrogens is 5. The molecule has 2 heterocycles. The number of thioether (sulfide) groups is 2. The Balaban J connectivity index is 1.52. The van der Waals surface area contributed by atoms with E-state index in [-0.39, 0.29) is 11.7 Å². The number of carbonyl (C=O) groups excluding carboxylic acids is 1. The van der Waals surface area contributed by atoms with Crippen LogP contribution in [0, 0.1) is 0 Å². The van der Waals surface area contributed by atoms with Crippen LogP contribution in [0.25, 0.3) is 22.8 Å². The Bertz CT molecular complexity index is 1080. The lowest BCUT2D eigenvalue weighted by Crippen LogP contribution is -2.15. The molecule has 0 aliphatic rings. The van der Waals surface area contributed by atoms with Gasteiger partial charge in [-0.25, -0.2) is 4.57 Å². The summed E-state index contributed by atoms with van der Waals surface area (Å²) in [5.41, 5.74) is 1.67. The molecule has 0 aliphatic carbocycles. The summed E-state index contributed by atoms with van der Waals surface area (Å²) in [6, 6.07) is 19.0. The molecule has 0 atom stereocenters. The Labute approximate surface area is 169 Å². The Morgan fingerprint density at radius 2 is 1.61 bits per heavy atom. The van der Waals surface area contributed by atoms with Gasteiger partial charge in [-0.05, 0) is 18.4 Å². The molecule has 2 aromatic heterocycles. The topological polar surface area (TPSA) is 86.7 Å². The van der Waals surface area contributed by atoms with Gasteiger partial charge in [0.1, 0.15) is 0 Å². The van der Waals surface area contributed by atoms with E-state index in [0.717, 1.165) is 11.1 Å². The van der Waals surface area contributed by atoms with Crippen LogP contribution < -0.4 is 0 Å². The van der Waals surface area contributed by atoms with Gasteiger partial charge in [0.15, 0.2) is 11.0 Å². The van der Waals surface area contributed by atoms with Crippen molar-refractivity contribution in [2.45, 2.75) is 10.4 Å². The van der Waals surface area contributed by atoms with Crippen LogP contribution in [-0.4, -0.2) is 42.9 Å². The summed E-state index contributed by atoms with van der Waals surface area (Å²) < 4.78 is 7.18. The van der Waals surface area contributed by atoms with Crippen LogP contribution in [0.1, 0.15) is 4.79 Å². The third kappa shape index (κ3) is 3.85. The van der Waals surface area contributed by atoms with Gasteiger partial charge in [-0.2, -0.15) is 0 Å². The summed E-state index contributed by atoms with van der Waals surface area (Å²) in [5, 5.41) is 17.3. The molecular formula is C19H15N5O2S2. The molecule has 0 fully saturated rings. The van der Waals surface area contributed by atoms with Crippen molar-refractivity contribution in [3.05, 3.63) is 60.7 Å². The smallest absolute Gasteiger partial charge is 0.277 e. The second-order valence-electron chi connectivity index (χ2n) is 5.63. The summed E-state index contributed by atoms with van der Waals surface area (Å²) in [6.45, 7) is 0. The van der Waals surface area contributed by atoms with Crippen molar-refractivity contribution in [2.24, 2.45) is 0 Å². The number of nitrogens with zero attached hydrogens (tertiary/aromatic N) is 5. The van der Waals surface area contributed by atoms with Gasteiger partial charge in [-0.1, -0.05) is 72.1 Å². The van der Waals surface area contributed by atoms with Crippen LogP contribution in [0.4, 0.5) is 0 Å². The third-order valence-corrected chi connectivity index (χ3v) is 5.28. The summed E-state index contributed by atoms with van der Waals surface area (Å²) in [5.74, 6) is 0.917. The Hall–Kier alpha value is -2.91. The molecule has 0 bridgehead atoms. The van der Waals surface area contributed by atoms with E-state index in [4.69, 9.17) is 4.42 Å². The highest BCUT2D eigenvalue weighted by atomic mass is 32.2. The third-order valence-electron chi connectivity index (χ3n) is 3.84. The van der Waals surface area contributed by atoms with Crippen molar-refractivity contribution in [1.82, 2.24) is 25.0 Å². The van der Waals surface area contributed by atoms with Crippen molar-refractivity contribution in [3.8, 4) is 22.8 Å². The Morgan fingerprint density at radius 1 is 0.929 bits per heavy atom. The fourth-order valence-electron chi connectivity index (χ4n) is 2.55. The normalized spacial score (nSPS) is 10.9. The van der Waals surface area contributed by atoms with Gasteiger partial charge in [-0.15, -0.1) is 20.4 Å². The highest BCUT2D eigenvalue weighted by molar-refractivity contribution is 7.99. The summed E-state index contributed by atoms with van der Waals surface area (Å²) in [4.78, 5) is 12.9. The Morgan fingerprint density at radius 3 is 2.29 bits per heavy atom. The van der Waals surface area contributed by atoms with Gasteiger partial charge in [0, 0.05) is 11.1 Å². The zero-order chi connectivity index (χ0) is 19.3. The predicted molar refractivity (Wildman–Crippen MR) is 108 cm³/mol. The average Bonchev–Trinajstić information content (AvgIpc) is 3.40. The van der Waals surface area contributed by atoms with E-state index in [1.807, 2.05) is 66.9 Å². The largest absolute Gasteiger partial charge is 0.411 e. The fraction of sp³-hybridized carbons (Fsp3) is 0.105. The molecular weight excluding hydrogens is 394 g/mol. The van der Waals surface area contributed by atoms with Crippen molar-refractivity contribution in [1.29, 1.82) is 0 Å². The zero-order valence-corrected chi connectivity index (χ0v) is 16.5. The second kappa shape index (κ2) is 8.41. The molecule has 4 rings (SSSR count). The van der Waals surface area contributed by atoms with E-state index in [9.17, 15) is 4.79 Å². The van der Waals surface area contributed by atoms with E-state index >= 15 is 0 Å². The molecule has 2 aromatic carbocycles. The summed E-state index contributed by atoms with van der Waals surface area (Å²) in [6.07, 6.45) is 1.86. The monoisotopic (exact) mass is 409 g/mol. The molecule has 140 valence electrons. The molecule has 0 amide bonds. The molecule has 4 aromatic rings. The standard InChI is InChI=1S/C19H15N5O2S2/c1-27-18-22-20-16(13-8-4-2-5-9-13)24(18)15(25)12-28-19-23-21-17(26-19)14-10-6-3-7-11-14/h2-11H,12H2,1H3. The SMILES string of the molecule is CSc1nnc(-c2ccccc2)n1C(=O)CSc1nnc(-c2ccccc2)o1. The number of hydrogen-bond donors (Lipinski definition) is 0. The number of hydrogen-bond acceptors (Lipinski definition) is 8. The van der Waals surface area contributed by atoms with Crippen LogP contribution in [-0.2, 0) is 0 Å². The first-order valence-electron chi connectivity index (χ1n) is 8.36. The minimum atomic E-state index is -0.155. The molecule has 28 heavy (non-hydrogen) atoms. The highest BCUT2D eigenvalue weighted by Crippen LogP contribution is 2.26. The van der Waals surface area contributed by atoms with Crippen LogP contribution in [0.5, 0.6) is 0 Å². The maximum atomic E-state index is 12.9. The number of benzene rings is 2. The first kappa shape index (κ1) is 18.5. The minimum absolute atomic E-state index is 0.127. The van der Waals surface area contributed by atoms with E-state index in [1.165, 1.54) is 28.1 Å². The summed E-state index contributed by atoms with van der Waals surface area (Å²) >= 11 is 2.56. The zero-order valence-electron chi connectivity index (χ0n) is 14.8. The molecule has 0 N–H and O–H groups in total. The second-order valence-corrected chi connectivity index (χ2v) is 7.33. The van der Waals surface area contributed by atoms with E-state index in [0.29, 0.717) is 22.1 Å². The van der Waals surface area contributed by atoms with E-state index in [2.05, 4.69) is 20.4 Å². The molecule has 0 saturated heterocycles. The number of rotatable bonds is 6. The van der Waals surface area contributed by atoms with Crippen molar-refractivity contribution < 1.29 is 9.21 Å². The molecule has 0 aliphatic heterocycles. The van der Waals surface area contributed by atoms with Gasteiger partial charge in [0.25, 0.3) is 5.22 Å². The fourth-order valence-corrected chi connectivity index (χ4v) is 3.66. The lowest BCUT2D eigenvalue weighted by Gasteiger charge is -2.06. The number of carbonyl (C=O) groups is 1. The molecule has 7 nitrogen and oxygen atoms in total. The van der Waals surface area contributed by atoms with Crippen molar-refractivity contribution >= 4 is 29.4 Å². The molecule has 0 spiro atoms. The van der Waals surface area contributed by atoms with Crippen molar-refractivity contribution in [3.63, 3.8) is 0 Å². The van der Waals surface area contributed by atoms with Crippen LogP contribution in [0.2, 0.25) is 0 Å². The Kier molecular flexibility index (Phi) is 5.54. The van der Waals surface area contributed by atoms with E-state index < -0.39 is 0 Å². The van der Waals surface area contributed by atoms with Gasteiger partial charge in [0.05, 0.1) is 5.75 Å². The van der Waals surface area contributed by atoms with Crippen LogP contribution in [0.3, 0.4) is 0 Å². The van der Waals surface area contributed by atoms with Gasteiger partial charge in [-0.3, -0.25) is 4.79 Å². The lowest BCUT2D eigenvalue weighted by molar-refractivity contribution is 0.0933. The van der Waals surface area contributed by atoms with E-state index in [1.54, 1.807) is 0 Å². The molecule has 9 heteroatoms. The molecule has 0 saturated carbocycles. The summed E-state index contributed by atoms with van der Waals surface area (Å²) in [7, 11) is 0. The first-order valence-corrected chi connectivity index (χ1v) is 10.6. The van der Waals surface area contributed by atoms with Gasteiger partial charge in [0.2, 0.25) is 11.8 Å². The minimum Gasteiger partial charge on any atom is -0.411 e. The highest BCUT2D eigenvalue weighted by Gasteiger charge is 2.20. The van der Waals surface area contributed by atoms with Gasteiger partial charge < -0.3 is 4.42 Å². The predicted octanol–water partition coefficient (Wildman–Crippen LogP) is 4.15. The maximum Gasteiger partial charge on any atom is 0.277 e. The maximum absolute atomic E-state index is 12.9. The quantitative estimate of drug-likeness (QED) is 0.439.